The lowest BCUT2D eigenvalue weighted by molar-refractivity contribution is 0.304. The van der Waals surface area contributed by atoms with E-state index < -0.39 is 0 Å². The average Bonchev–Trinajstić information content (AvgIpc) is 2.42. The lowest BCUT2D eigenvalue weighted by atomic mass is 10.1. The summed E-state index contributed by atoms with van der Waals surface area (Å²) in [7, 11) is 0. The fourth-order valence-electron chi connectivity index (χ4n) is 2.03. The Labute approximate surface area is 137 Å². The van der Waals surface area contributed by atoms with Gasteiger partial charge in [-0.15, -0.1) is 0 Å². The molecule has 4 heteroatoms. The van der Waals surface area contributed by atoms with Crippen LogP contribution in [-0.4, -0.2) is 6.61 Å². The highest BCUT2D eigenvalue weighted by Crippen LogP contribution is 2.33. The summed E-state index contributed by atoms with van der Waals surface area (Å²) < 4.78 is 5.64. The fraction of sp³-hybridized carbons (Fsp3) is 0.625. The first-order valence-electron chi connectivity index (χ1n) is 7.42. The molecule has 0 aliphatic heterocycles. The lowest BCUT2D eigenvalue weighted by Gasteiger charge is -2.09. The quantitative estimate of drug-likeness (QED) is 0.325. The zero-order valence-corrected chi connectivity index (χ0v) is 14.3. The molecule has 0 N–H and O–H groups in total. The molecule has 0 aromatic heterocycles. The maximum atomic E-state index is 6.04. The zero-order valence-electron chi connectivity index (χ0n) is 12.1. The topological polar surface area (TPSA) is 9.23 Å². The second kappa shape index (κ2) is 10.6. The van der Waals surface area contributed by atoms with Crippen LogP contribution in [0, 0.1) is 0 Å². The number of hydrogen-bond acceptors (Lipinski definition) is 1. The first kappa shape index (κ1) is 17.9. The van der Waals surface area contributed by atoms with Gasteiger partial charge in [0.15, 0.2) is 0 Å². The maximum absolute atomic E-state index is 6.04. The molecule has 0 radical (unpaired) electrons. The van der Waals surface area contributed by atoms with Crippen LogP contribution < -0.4 is 4.74 Å². The highest BCUT2D eigenvalue weighted by atomic mass is 35.5. The summed E-state index contributed by atoms with van der Waals surface area (Å²) in [6.07, 6.45) is 10.2. The summed E-state index contributed by atoms with van der Waals surface area (Å²) in [6, 6.07) is 3.30. The fourth-order valence-corrected chi connectivity index (χ4v) is 2.62. The number of hydrogen-bond donors (Lipinski definition) is 0. The predicted molar refractivity (Wildman–Crippen MR) is 89.6 cm³/mol. The molecular formula is C16H23Cl3O. The van der Waals surface area contributed by atoms with Crippen molar-refractivity contribution in [1.29, 1.82) is 0 Å². The molecule has 0 aliphatic rings. The van der Waals surface area contributed by atoms with Crippen molar-refractivity contribution in [3.63, 3.8) is 0 Å². The van der Waals surface area contributed by atoms with Crippen LogP contribution in [0.4, 0.5) is 0 Å². The van der Waals surface area contributed by atoms with Crippen LogP contribution in [0.5, 0.6) is 5.75 Å². The van der Waals surface area contributed by atoms with Crippen LogP contribution in [-0.2, 0) is 0 Å². The number of benzene rings is 1. The molecule has 0 atom stereocenters. The van der Waals surface area contributed by atoms with E-state index in [9.17, 15) is 0 Å². The highest BCUT2D eigenvalue weighted by molar-refractivity contribution is 6.43. The van der Waals surface area contributed by atoms with Gasteiger partial charge in [-0.25, -0.2) is 0 Å². The van der Waals surface area contributed by atoms with Crippen LogP contribution in [0.3, 0.4) is 0 Å². The summed E-state index contributed by atoms with van der Waals surface area (Å²) in [5.41, 5.74) is 0. The maximum Gasteiger partial charge on any atom is 0.139 e. The highest BCUT2D eigenvalue weighted by Gasteiger charge is 2.06. The lowest BCUT2D eigenvalue weighted by Crippen LogP contribution is -1.98. The zero-order chi connectivity index (χ0) is 14.8. The van der Waals surface area contributed by atoms with Gasteiger partial charge in [0.05, 0.1) is 21.7 Å². The van der Waals surface area contributed by atoms with Crippen LogP contribution in [0.25, 0.3) is 0 Å². The molecular weight excluding hydrogens is 315 g/mol. The van der Waals surface area contributed by atoms with Gasteiger partial charge < -0.3 is 4.74 Å². The van der Waals surface area contributed by atoms with E-state index in [1.54, 1.807) is 12.1 Å². The molecule has 0 saturated heterocycles. The van der Waals surface area contributed by atoms with Gasteiger partial charge in [0.25, 0.3) is 0 Å². The van der Waals surface area contributed by atoms with E-state index in [-0.39, 0.29) is 0 Å². The third kappa shape index (κ3) is 7.06. The Hall–Kier alpha value is -0.110. The molecule has 1 rings (SSSR count). The molecule has 1 nitrogen and oxygen atoms in total. The Morgan fingerprint density at radius 3 is 1.95 bits per heavy atom. The molecule has 0 unspecified atom stereocenters. The molecule has 0 heterocycles. The van der Waals surface area contributed by atoms with E-state index in [1.165, 1.54) is 44.9 Å². The Bertz CT molecular complexity index is 394. The Morgan fingerprint density at radius 2 is 1.30 bits per heavy atom. The van der Waals surface area contributed by atoms with E-state index in [4.69, 9.17) is 39.5 Å². The van der Waals surface area contributed by atoms with E-state index in [1.807, 2.05) is 0 Å². The van der Waals surface area contributed by atoms with Crippen LogP contribution in [0.2, 0.25) is 15.1 Å². The minimum atomic E-state index is 0.455. The minimum Gasteiger partial charge on any atom is -0.492 e. The second-order valence-corrected chi connectivity index (χ2v) is 6.24. The minimum absolute atomic E-state index is 0.455. The monoisotopic (exact) mass is 336 g/mol. The summed E-state index contributed by atoms with van der Waals surface area (Å²) in [5.74, 6) is 0.615. The molecule has 0 saturated carbocycles. The normalized spacial score (nSPS) is 10.8. The molecule has 114 valence electrons. The van der Waals surface area contributed by atoms with Gasteiger partial charge in [0, 0.05) is 6.07 Å². The van der Waals surface area contributed by atoms with Crippen molar-refractivity contribution < 1.29 is 4.74 Å². The molecule has 0 bridgehead atoms. The summed E-state index contributed by atoms with van der Waals surface area (Å²) in [4.78, 5) is 0. The van der Waals surface area contributed by atoms with Crippen molar-refractivity contribution in [2.24, 2.45) is 0 Å². The first-order valence-corrected chi connectivity index (χ1v) is 8.56. The van der Waals surface area contributed by atoms with Gasteiger partial charge >= 0.3 is 0 Å². The number of unbranched alkanes of at least 4 members (excludes halogenated alkanes) is 7. The predicted octanol–water partition coefficient (Wildman–Crippen LogP) is 7.17. The van der Waals surface area contributed by atoms with E-state index >= 15 is 0 Å². The number of halogens is 3. The van der Waals surface area contributed by atoms with Crippen LogP contribution >= 0.6 is 34.8 Å². The molecule has 0 amide bonds. The van der Waals surface area contributed by atoms with Gasteiger partial charge in [-0.3, -0.25) is 0 Å². The second-order valence-electron chi connectivity index (χ2n) is 5.02. The number of ether oxygens (including phenoxy) is 1. The van der Waals surface area contributed by atoms with Crippen molar-refractivity contribution in [2.45, 2.75) is 58.3 Å². The molecule has 20 heavy (non-hydrogen) atoms. The van der Waals surface area contributed by atoms with Gasteiger partial charge in [-0.1, -0.05) is 86.7 Å². The van der Waals surface area contributed by atoms with E-state index in [0.29, 0.717) is 27.4 Å². The van der Waals surface area contributed by atoms with Crippen molar-refractivity contribution in [2.75, 3.05) is 6.61 Å². The molecule has 1 aromatic rings. The van der Waals surface area contributed by atoms with Gasteiger partial charge in [-0.05, 0) is 12.5 Å². The van der Waals surface area contributed by atoms with Gasteiger partial charge in [0.2, 0.25) is 0 Å². The largest absolute Gasteiger partial charge is 0.492 e. The summed E-state index contributed by atoms with van der Waals surface area (Å²) in [5, 5.41) is 1.44. The Kier molecular flexibility index (Phi) is 9.50. The van der Waals surface area contributed by atoms with Crippen molar-refractivity contribution in [3.05, 3.63) is 27.2 Å². The average molecular weight is 338 g/mol. The SMILES string of the molecule is CCCCCCCCCCOc1cc(Cl)c(Cl)cc1Cl. The van der Waals surface area contributed by atoms with Crippen molar-refractivity contribution in [3.8, 4) is 5.75 Å². The standard InChI is InChI=1S/C16H23Cl3O/c1-2-3-4-5-6-7-8-9-10-20-16-12-14(18)13(17)11-15(16)19/h11-12H,2-10H2,1H3. The van der Waals surface area contributed by atoms with Crippen molar-refractivity contribution >= 4 is 34.8 Å². The number of rotatable bonds is 10. The molecule has 1 aromatic carbocycles. The third-order valence-corrected chi connectivity index (χ3v) is 4.25. The third-order valence-electron chi connectivity index (χ3n) is 3.23. The Balaban J connectivity index is 2.11. The van der Waals surface area contributed by atoms with Crippen LogP contribution in [0.1, 0.15) is 58.3 Å². The van der Waals surface area contributed by atoms with E-state index in [2.05, 4.69) is 6.92 Å². The molecule has 0 fully saturated rings. The van der Waals surface area contributed by atoms with Gasteiger partial charge in [0.1, 0.15) is 5.75 Å². The van der Waals surface area contributed by atoms with Crippen molar-refractivity contribution in [1.82, 2.24) is 0 Å². The summed E-state index contributed by atoms with van der Waals surface area (Å²) in [6.45, 7) is 2.91. The molecule has 0 aliphatic carbocycles. The smallest absolute Gasteiger partial charge is 0.139 e. The van der Waals surface area contributed by atoms with Gasteiger partial charge in [-0.2, -0.15) is 0 Å². The Morgan fingerprint density at radius 1 is 0.750 bits per heavy atom. The van der Waals surface area contributed by atoms with Crippen LogP contribution in [0.15, 0.2) is 12.1 Å². The van der Waals surface area contributed by atoms with E-state index in [0.717, 1.165) is 6.42 Å². The summed E-state index contributed by atoms with van der Waals surface area (Å²) >= 11 is 17.9. The molecule has 0 spiro atoms. The first-order chi connectivity index (χ1) is 9.65.